The Bertz CT molecular complexity index is 488. The third-order valence-corrected chi connectivity index (χ3v) is 4.73. The van der Waals surface area contributed by atoms with Gasteiger partial charge in [-0.3, -0.25) is 0 Å². The van der Waals surface area contributed by atoms with Gasteiger partial charge in [-0.2, -0.15) is 18.2 Å². The van der Waals surface area contributed by atoms with E-state index in [4.69, 9.17) is 4.52 Å². The second-order valence-corrected chi connectivity index (χ2v) is 6.05. The third kappa shape index (κ3) is 2.32. The lowest BCUT2D eigenvalue weighted by Gasteiger charge is -2.19. The van der Waals surface area contributed by atoms with Crippen molar-refractivity contribution < 1.29 is 22.8 Å². The summed E-state index contributed by atoms with van der Waals surface area (Å²) in [7, 11) is 0. The van der Waals surface area contributed by atoms with Crippen LogP contribution in [0.3, 0.4) is 0 Å². The van der Waals surface area contributed by atoms with Crippen LogP contribution < -0.4 is 0 Å². The molecule has 2 bridgehead atoms. The molecule has 20 heavy (non-hydrogen) atoms. The fourth-order valence-electron chi connectivity index (χ4n) is 3.56. The standard InChI is InChI=1S/C13H17F3N2O2/c1-6(10(19)13(14,15)16)12-17-11(18-20-12)9-5-7-2-3-8(9)4-7/h6-10,19H,2-5H2,1H3. The van der Waals surface area contributed by atoms with Gasteiger partial charge < -0.3 is 9.63 Å². The van der Waals surface area contributed by atoms with Gasteiger partial charge in [-0.25, -0.2) is 0 Å². The van der Waals surface area contributed by atoms with Crippen molar-refractivity contribution in [2.24, 2.45) is 11.8 Å². The van der Waals surface area contributed by atoms with E-state index < -0.39 is 18.2 Å². The summed E-state index contributed by atoms with van der Waals surface area (Å²) in [6.07, 6.45) is -2.62. The van der Waals surface area contributed by atoms with Gasteiger partial charge in [0.05, 0.1) is 5.92 Å². The molecule has 3 rings (SSSR count). The largest absolute Gasteiger partial charge is 0.415 e. The second kappa shape index (κ2) is 4.72. The minimum Gasteiger partial charge on any atom is -0.383 e. The Morgan fingerprint density at radius 1 is 1.30 bits per heavy atom. The zero-order valence-corrected chi connectivity index (χ0v) is 11.1. The molecule has 0 radical (unpaired) electrons. The molecule has 112 valence electrons. The van der Waals surface area contributed by atoms with Crippen molar-refractivity contribution in [3.8, 4) is 0 Å². The van der Waals surface area contributed by atoms with E-state index in [9.17, 15) is 18.3 Å². The van der Waals surface area contributed by atoms with E-state index in [0.29, 0.717) is 17.7 Å². The highest BCUT2D eigenvalue weighted by Gasteiger charge is 2.46. The SMILES string of the molecule is CC(c1nc(C2CC3CCC2C3)no1)C(O)C(F)(F)F. The normalized spacial score (nSPS) is 32.5. The van der Waals surface area contributed by atoms with E-state index in [-0.39, 0.29) is 11.8 Å². The van der Waals surface area contributed by atoms with Gasteiger partial charge >= 0.3 is 6.18 Å². The summed E-state index contributed by atoms with van der Waals surface area (Å²) in [6, 6.07) is 0. The van der Waals surface area contributed by atoms with Gasteiger partial charge in [0.15, 0.2) is 11.9 Å². The van der Waals surface area contributed by atoms with Crippen molar-refractivity contribution in [2.45, 2.75) is 56.7 Å². The summed E-state index contributed by atoms with van der Waals surface area (Å²) in [5.41, 5.74) is 0. The topological polar surface area (TPSA) is 59.2 Å². The fourth-order valence-corrected chi connectivity index (χ4v) is 3.56. The van der Waals surface area contributed by atoms with E-state index in [0.717, 1.165) is 19.3 Å². The van der Waals surface area contributed by atoms with Crippen LogP contribution in [0.5, 0.6) is 0 Å². The number of aliphatic hydroxyl groups is 1. The van der Waals surface area contributed by atoms with Crippen LogP contribution in [0.2, 0.25) is 0 Å². The number of aromatic nitrogens is 2. The van der Waals surface area contributed by atoms with Crippen molar-refractivity contribution >= 4 is 0 Å². The van der Waals surface area contributed by atoms with Gasteiger partial charge in [0.25, 0.3) is 0 Å². The molecule has 0 spiro atoms. The molecule has 1 heterocycles. The fraction of sp³-hybridized carbons (Fsp3) is 0.846. The molecule has 0 amide bonds. The zero-order chi connectivity index (χ0) is 14.5. The molecule has 4 nitrogen and oxygen atoms in total. The molecule has 1 aromatic rings. The van der Waals surface area contributed by atoms with Crippen LogP contribution in [0.4, 0.5) is 13.2 Å². The Morgan fingerprint density at radius 2 is 2.05 bits per heavy atom. The minimum atomic E-state index is -4.68. The first-order valence-corrected chi connectivity index (χ1v) is 6.94. The van der Waals surface area contributed by atoms with Crippen LogP contribution in [0.25, 0.3) is 0 Å². The van der Waals surface area contributed by atoms with Crippen molar-refractivity contribution in [3.63, 3.8) is 0 Å². The van der Waals surface area contributed by atoms with Crippen molar-refractivity contribution in [1.82, 2.24) is 10.1 Å². The summed E-state index contributed by atoms with van der Waals surface area (Å²) >= 11 is 0. The molecule has 5 unspecified atom stereocenters. The number of rotatable bonds is 3. The number of fused-ring (bicyclic) bond motifs is 2. The molecule has 1 aromatic heterocycles. The predicted molar refractivity (Wildman–Crippen MR) is 63.0 cm³/mol. The monoisotopic (exact) mass is 290 g/mol. The average molecular weight is 290 g/mol. The quantitative estimate of drug-likeness (QED) is 0.929. The number of halogens is 3. The number of alkyl halides is 3. The van der Waals surface area contributed by atoms with Crippen LogP contribution in [0.15, 0.2) is 4.52 Å². The maximum absolute atomic E-state index is 12.5. The molecular formula is C13H17F3N2O2. The van der Waals surface area contributed by atoms with Crippen LogP contribution >= 0.6 is 0 Å². The lowest BCUT2D eigenvalue weighted by molar-refractivity contribution is -0.210. The first-order valence-electron chi connectivity index (χ1n) is 6.94. The number of aliphatic hydroxyl groups excluding tert-OH is 1. The summed E-state index contributed by atoms with van der Waals surface area (Å²) in [4.78, 5) is 4.11. The molecule has 0 aliphatic heterocycles. The Morgan fingerprint density at radius 3 is 2.60 bits per heavy atom. The molecule has 1 N–H and O–H groups in total. The molecule has 5 atom stereocenters. The van der Waals surface area contributed by atoms with Gasteiger partial charge in [0, 0.05) is 5.92 Å². The van der Waals surface area contributed by atoms with Gasteiger partial charge in [0.2, 0.25) is 5.89 Å². The predicted octanol–water partition coefficient (Wildman–Crippen LogP) is 3.00. The summed E-state index contributed by atoms with van der Waals surface area (Å²) in [6.45, 7) is 1.25. The Kier molecular flexibility index (Phi) is 3.27. The van der Waals surface area contributed by atoms with Crippen LogP contribution in [-0.2, 0) is 0 Å². The second-order valence-electron chi connectivity index (χ2n) is 6.05. The average Bonchev–Trinajstić information content (AvgIpc) is 3.10. The van der Waals surface area contributed by atoms with E-state index >= 15 is 0 Å². The molecular weight excluding hydrogens is 273 g/mol. The van der Waals surface area contributed by atoms with E-state index in [1.54, 1.807) is 0 Å². The number of hydrogen-bond donors (Lipinski definition) is 1. The zero-order valence-electron chi connectivity index (χ0n) is 11.1. The first kappa shape index (κ1) is 13.9. The van der Waals surface area contributed by atoms with Crippen molar-refractivity contribution in [1.29, 1.82) is 0 Å². The number of hydrogen-bond acceptors (Lipinski definition) is 4. The van der Waals surface area contributed by atoms with E-state index in [1.165, 1.54) is 13.3 Å². The first-order chi connectivity index (χ1) is 9.36. The summed E-state index contributed by atoms with van der Waals surface area (Å²) in [5, 5.41) is 13.1. The van der Waals surface area contributed by atoms with Gasteiger partial charge in [0.1, 0.15) is 0 Å². The Balaban J connectivity index is 1.74. The summed E-state index contributed by atoms with van der Waals surface area (Å²) in [5.74, 6) is 0.579. The molecule has 2 aliphatic rings. The van der Waals surface area contributed by atoms with Crippen LogP contribution in [-0.4, -0.2) is 27.5 Å². The van der Waals surface area contributed by atoms with Crippen LogP contribution in [0.1, 0.15) is 56.2 Å². The van der Waals surface area contributed by atoms with Crippen molar-refractivity contribution in [3.05, 3.63) is 11.7 Å². The molecule has 2 saturated carbocycles. The maximum Gasteiger partial charge on any atom is 0.415 e. The Labute approximate surface area is 114 Å². The maximum atomic E-state index is 12.5. The van der Waals surface area contributed by atoms with Gasteiger partial charge in [-0.05, 0) is 31.1 Å². The molecule has 2 fully saturated rings. The van der Waals surface area contributed by atoms with Gasteiger partial charge in [-0.15, -0.1) is 0 Å². The van der Waals surface area contributed by atoms with Gasteiger partial charge in [-0.1, -0.05) is 18.5 Å². The molecule has 7 heteroatoms. The van der Waals surface area contributed by atoms with Crippen LogP contribution in [0, 0.1) is 11.8 Å². The van der Waals surface area contributed by atoms with E-state index in [2.05, 4.69) is 10.1 Å². The highest BCUT2D eigenvalue weighted by molar-refractivity contribution is 5.08. The smallest absolute Gasteiger partial charge is 0.383 e. The third-order valence-electron chi connectivity index (χ3n) is 4.73. The highest BCUT2D eigenvalue weighted by atomic mass is 19.4. The number of nitrogens with zero attached hydrogens (tertiary/aromatic N) is 2. The molecule has 2 aliphatic carbocycles. The lowest BCUT2D eigenvalue weighted by Crippen LogP contribution is -2.33. The van der Waals surface area contributed by atoms with Crippen molar-refractivity contribution in [2.75, 3.05) is 0 Å². The minimum absolute atomic E-state index is 0.132. The lowest BCUT2D eigenvalue weighted by atomic mass is 9.88. The highest BCUT2D eigenvalue weighted by Crippen LogP contribution is 2.52. The van der Waals surface area contributed by atoms with E-state index in [1.807, 2.05) is 0 Å². The molecule has 0 aromatic carbocycles. The molecule has 0 saturated heterocycles. The Hall–Kier alpha value is -1.11. The summed E-state index contributed by atoms with van der Waals surface area (Å²) < 4.78 is 42.4.